The fourth-order valence-electron chi connectivity index (χ4n) is 2.20. The normalized spacial score (nSPS) is 16.9. The molecule has 0 atom stereocenters. The molecule has 1 aliphatic rings. The van der Waals surface area contributed by atoms with E-state index in [9.17, 15) is 0 Å². The lowest BCUT2D eigenvalue weighted by Crippen LogP contribution is -2.47. The van der Waals surface area contributed by atoms with Crippen LogP contribution in [-0.2, 0) is 4.74 Å². The van der Waals surface area contributed by atoms with Gasteiger partial charge in [-0.25, -0.2) is 9.97 Å². The van der Waals surface area contributed by atoms with E-state index in [1.165, 1.54) is 0 Å². The van der Waals surface area contributed by atoms with Crippen LogP contribution < -0.4 is 4.90 Å². The Kier molecular flexibility index (Phi) is 5.42. The van der Waals surface area contributed by atoms with Gasteiger partial charge in [-0.2, -0.15) is 0 Å². The Morgan fingerprint density at radius 1 is 1.26 bits per heavy atom. The summed E-state index contributed by atoms with van der Waals surface area (Å²) >= 11 is 1.60. The fourth-order valence-corrected chi connectivity index (χ4v) is 2.62. The van der Waals surface area contributed by atoms with Crippen LogP contribution in [0.4, 0.5) is 5.82 Å². The number of ether oxygens (including phenoxy) is 1. The quantitative estimate of drug-likeness (QED) is 0.598. The van der Waals surface area contributed by atoms with E-state index in [0.29, 0.717) is 0 Å². The summed E-state index contributed by atoms with van der Waals surface area (Å²) in [5.74, 6) is 1.06. The summed E-state index contributed by atoms with van der Waals surface area (Å²) in [5, 5.41) is 0.858. The molecule has 2 rings (SSSR count). The molecule has 0 aliphatic carbocycles. The van der Waals surface area contributed by atoms with Crippen molar-refractivity contribution in [3.05, 3.63) is 11.8 Å². The summed E-state index contributed by atoms with van der Waals surface area (Å²) in [6.45, 7) is 8.04. The maximum Gasteiger partial charge on any atom is 0.189 e. The molecule has 0 saturated carbocycles. The zero-order chi connectivity index (χ0) is 13.7. The van der Waals surface area contributed by atoms with Gasteiger partial charge in [0.2, 0.25) is 0 Å². The van der Waals surface area contributed by atoms with Crippen molar-refractivity contribution in [1.29, 1.82) is 0 Å². The second kappa shape index (κ2) is 7.07. The minimum absolute atomic E-state index is 0.809. The Balaban J connectivity index is 1.95. The standard InChI is InChI=1S/C13H22N4OS/c1-11-10-12(15-13(14-11)19-3)17-6-4-16(5-7-17)8-9-18-2/h10H,4-9H2,1-3H3. The van der Waals surface area contributed by atoms with Crippen molar-refractivity contribution in [2.45, 2.75) is 12.1 Å². The largest absolute Gasteiger partial charge is 0.383 e. The van der Waals surface area contributed by atoms with Crippen LogP contribution in [0.5, 0.6) is 0 Å². The molecule has 19 heavy (non-hydrogen) atoms. The van der Waals surface area contributed by atoms with Crippen LogP contribution in [0, 0.1) is 6.92 Å². The first-order valence-corrected chi connectivity index (χ1v) is 7.81. The van der Waals surface area contributed by atoms with Crippen molar-refractivity contribution in [1.82, 2.24) is 14.9 Å². The van der Waals surface area contributed by atoms with Gasteiger partial charge in [0.15, 0.2) is 5.16 Å². The van der Waals surface area contributed by atoms with Crippen LogP contribution in [0.15, 0.2) is 11.2 Å². The molecule has 0 bridgehead atoms. The maximum atomic E-state index is 5.12. The smallest absolute Gasteiger partial charge is 0.189 e. The van der Waals surface area contributed by atoms with Gasteiger partial charge in [0.25, 0.3) is 0 Å². The molecule has 1 aromatic heterocycles. The monoisotopic (exact) mass is 282 g/mol. The number of rotatable bonds is 5. The SMILES string of the molecule is COCCN1CCN(c2cc(C)nc(SC)n2)CC1. The molecule has 0 radical (unpaired) electrons. The summed E-state index contributed by atoms with van der Waals surface area (Å²) in [4.78, 5) is 13.8. The third kappa shape index (κ3) is 4.06. The zero-order valence-corrected chi connectivity index (χ0v) is 12.7. The number of piperazine rings is 1. The molecule has 1 fully saturated rings. The molecule has 0 spiro atoms. The Labute approximate surface area is 119 Å². The van der Waals surface area contributed by atoms with Crippen LogP contribution in [0.2, 0.25) is 0 Å². The summed E-state index contributed by atoms with van der Waals surface area (Å²) in [5.41, 5.74) is 1.04. The summed E-state index contributed by atoms with van der Waals surface area (Å²) < 4.78 is 5.12. The molecule has 2 heterocycles. The van der Waals surface area contributed by atoms with Gasteiger partial charge in [-0.3, -0.25) is 4.90 Å². The van der Waals surface area contributed by atoms with Crippen molar-refractivity contribution in [2.24, 2.45) is 0 Å². The Morgan fingerprint density at radius 3 is 2.63 bits per heavy atom. The van der Waals surface area contributed by atoms with E-state index < -0.39 is 0 Å². The lowest BCUT2D eigenvalue weighted by Gasteiger charge is -2.35. The molecule has 106 valence electrons. The summed E-state index contributed by atoms with van der Waals surface area (Å²) in [6, 6.07) is 2.07. The molecule has 0 amide bonds. The van der Waals surface area contributed by atoms with Crippen LogP contribution in [-0.4, -0.2) is 67.6 Å². The minimum atomic E-state index is 0.809. The number of aromatic nitrogens is 2. The Morgan fingerprint density at radius 2 is 2.00 bits per heavy atom. The van der Waals surface area contributed by atoms with Crippen LogP contribution in [0.1, 0.15) is 5.69 Å². The number of nitrogens with zero attached hydrogens (tertiary/aromatic N) is 4. The predicted molar refractivity (Wildman–Crippen MR) is 79.1 cm³/mol. The third-order valence-corrected chi connectivity index (χ3v) is 3.86. The molecule has 0 aromatic carbocycles. The highest BCUT2D eigenvalue weighted by Crippen LogP contribution is 2.18. The first-order chi connectivity index (χ1) is 9.22. The van der Waals surface area contributed by atoms with Crippen LogP contribution >= 0.6 is 11.8 Å². The Hall–Kier alpha value is -0.850. The molecule has 0 N–H and O–H groups in total. The summed E-state index contributed by atoms with van der Waals surface area (Å²) in [6.07, 6.45) is 2.02. The number of hydrogen-bond donors (Lipinski definition) is 0. The number of aryl methyl sites for hydroxylation is 1. The molecular weight excluding hydrogens is 260 g/mol. The Bertz CT molecular complexity index is 408. The van der Waals surface area contributed by atoms with Gasteiger partial charge >= 0.3 is 0 Å². The highest BCUT2D eigenvalue weighted by Gasteiger charge is 2.18. The minimum Gasteiger partial charge on any atom is -0.383 e. The van der Waals surface area contributed by atoms with Crippen molar-refractivity contribution >= 4 is 17.6 Å². The molecule has 1 aromatic rings. The predicted octanol–water partition coefficient (Wildman–Crippen LogP) is 1.28. The van der Waals surface area contributed by atoms with Crippen molar-refractivity contribution < 1.29 is 4.74 Å². The molecule has 5 nitrogen and oxygen atoms in total. The number of hydrogen-bond acceptors (Lipinski definition) is 6. The van der Waals surface area contributed by atoms with E-state index in [1.54, 1.807) is 18.9 Å². The van der Waals surface area contributed by atoms with E-state index in [1.807, 2.05) is 13.2 Å². The first-order valence-electron chi connectivity index (χ1n) is 6.59. The van der Waals surface area contributed by atoms with Gasteiger partial charge < -0.3 is 9.64 Å². The van der Waals surface area contributed by atoms with Gasteiger partial charge in [-0.05, 0) is 13.2 Å². The molecule has 0 unspecified atom stereocenters. The third-order valence-electron chi connectivity index (χ3n) is 3.31. The molecular formula is C13H22N4OS. The van der Waals surface area contributed by atoms with Gasteiger partial charge in [-0.1, -0.05) is 11.8 Å². The molecule has 6 heteroatoms. The highest BCUT2D eigenvalue weighted by atomic mass is 32.2. The van der Waals surface area contributed by atoms with Gasteiger partial charge in [0, 0.05) is 51.6 Å². The van der Waals surface area contributed by atoms with E-state index >= 15 is 0 Å². The number of anilines is 1. The number of thioether (sulfide) groups is 1. The first kappa shape index (κ1) is 14.6. The maximum absolute atomic E-state index is 5.12. The van der Waals surface area contributed by atoms with Gasteiger partial charge in [-0.15, -0.1) is 0 Å². The molecule has 1 saturated heterocycles. The van der Waals surface area contributed by atoms with E-state index in [0.717, 1.165) is 56.0 Å². The topological polar surface area (TPSA) is 41.5 Å². The lowest BCUT2D eigenvalue weighted by atomic mass is 10.3. The van der Waals surface area contributed by atoms with Gasteiger partial charge in [0.1, 0.15) is 5.82 Å². The number of methoxy groups -OCH3 is 1. The fraction of sp³-hybridized carbons (Fsp3) is 0.692. The van der Waals surface area contributed by atoms with Crippen molar-refractivity contribution in [3.8, 4) is 0 Å². The zero-order valence-electron chi connectivity index (χ0n) is 11.9. The second-order valence-corrected chi connectivity index (χ2v) is 5.45. The average Bonchev–Trinajstić information content (AvgIpc) is 2.45. The summed E-state index contributed by atoms with van der Waals surface area (Å²) in [7, 11) is 1.75. The van der Waals surface area contributed by atoms with Crippen molar-refractivity contribution in [2.75, 3.05) is 57.6 Å². The highest BCUT2D eigenvalue weighted by molar-refractivity contribution is 7.98. The van der Waals surface area contributed by atoms with E-state index in [4.69, 9.17) is 4.74 Å². The van der Waals surface area contributed by atoms with Crippen LogP contribution in [0.25, 0.3) is 0 Å². The van der Waals surface area contributed by atoms with Crippen molar-refractivity contribution in [3.63, 3.8) is 0 Å². The van der Waals surface area contributed by atoms with Gasteiger partial charge in [0.05, 0.1) is 6.61 Å². The van der Waals surface area contributed by atoms with E-state index in [-0.39, 0.29) is 0 Å². The molecule has 1 aliphatic heterocycles. The average molecular weight is 282 g/mol. The second-order valence-electron chi connectivity index (χ2n) is 4.68. The lowest BCUT2D eigenvalue weighted by molar-refractivity contribution is 0.144. The van der Waals surface area contributed by atoms with Crippen LogP contribution in [0.3, 0.4) is 0 Å². The van der Waals surface area contributed by atoms with E-state index in [2.05, 4.69) is 25.8 Å².